The van der Waals surface area contributed by atoms with Gasteiger partial charge in [0.2, 0.25) is 0 Å². The molecule has 0 amide bonds. The van der Waals surface area contributed by atoms with Gasteiger partial charge in [0, 0.05) is 23.2 Å². The van der Waals surface area contributed by atoms with E-state index in [0.717, 1.165) is 23.5 Å². The molecule has 0 unspecified atom stereocenters. The molecule has 2 rings (SSSR count). The average Bonchev–Trinajstić information content (AvgIpc) is 2.90. The van der Waals surface area contributed by atoms with Crippen molar-refractivity contribution in [1.29, 1.82) is 0 Å². The third-order valence-electron chi connectivity index (χ3n) is 3.07. The Balaban J connectivity index is 2.32. The standard InChI is InChI=1S/C15H19NO2S/c1-11(17)15-13(7-4-8-14(15)18-3)16(2)10-12-6-5-9-19-12/h4-9,11,17H,10H2,1-3H3/t11-/m1/s1. The number of hydrogen-bond donors (Lipinski definition) is 1. The summed E-state index contributed by atoms with van der Waals surface area (Å²) in [6.45, 7) is 2.59. The number of anilines is 1. The smallest absolute Gasteiger partial charge is 0.126 e. The molecular formula is C15H19NO2S. The van der Waals surface area contributed by atoms with Gasteiger partial charge in [0.05, 0.1) is 19.8 Å². The van der Waals surface area contributed by atoms with Crippen molar-refractivity contribution in [2.75, 3.05) is 19.1 Å². The maximum atomic E-state index is 9.99. The predicted octanol–water partition coefficient (Wildman–Crippen LogP) is 3.45. The minimum absolute atomic E-state index is 0.558. The third kappa shape index (κ3) is 3.08. The van der Waals surface area contributed by atoms with Crippen molar-refractivity contribution in [2.24, 2.45) is 0 Å². The zero-order valence-electron chi connectivity index (χ0n) is 11.5. The zero-order valence-corrected chi connectivity index (χ0v) is 12.3. The van der Waals surface area contributed by atoms with Crippen LogP contribution >= 0.6 is 11.3 Å². The molecule has 0 saturated heterocycles. The van der Waals surface area contributed by atoms with Crippen molar-refractivity contribution >= 4 is 17.0 Å². The molecule has 0 spiro atoms. The molecule has 0 aliphatic rings. The normalized spacial score (nSPS) is 12.2. The maximum Gasteiger partial charge on any atom is 0.126 e. The number of hydrogen-bond acceptors (Lipinski definition) is 4. The highest BCUT2D eigenvalue weighted by atomic mass is 32.1. The molecule has 0 aliphatic carbocycles. The van der Waals surface area contributed by atoms with Gasteiger partial charge in [-0.15, -0.1) is 11.3 Å². The van der Waals surface area contributed by atoms with Crippen LogP contribution in [0.1, 0.15) is 23.5 Å². The summed E-state index contributed by atoms with van der Waals surface area (Å²) in [4.78, 5) is 3.43. The molecule has 4 heteroatoms. The minimum atomic E-state index is -0.558. The Morgan fingerprint density at radius 2 is 2.11 bits per heavy atom. The molecular weight excluding hydrogens is 258 g/mol. The summed E-state index contributed by atoms with van der Waals surface area (Å²) in [6.07, 6.45) is -0.558. The number of thiophene rings is 1. The van der Waals surface area contributed by atoms with Gasteiger partial charge in [-0.3, -0.25) is 0 Å². The number of rotatable bonds is 5. The summed E-state index contributed by atoms with van der Waals surface area (Å²) >= 11 is 1.73. The molecule has 1 aromatic carbocycles. The molecule has 1 N–H and O–H groups in total. The Morgan fingerprint density at radius 1 is 1.32 bits per heavy atom. The summed E-state index contributed by atoms with van der Waals surface area (Å²) in [5, 5.41) is 12.1. The van der Waals surface area contributed by atoms with Crippen LogP contribution in [-0.4, -0.2) is 19.3 Å². The Morgan fingerprint density at radius 3 is 2.68 bits per heavy atom. The van der Waals surface area contributed by atoms with Gasteiger partial charge >= 0.3 is 0 Å². The van der Waals surface area contributed by atoms with Gasteiger partial charge in [-0.1, -0.05) is 12.1 Å². The van der Waals surface area contributed by atoms with Gasteiger partial charge in [0.1, 0.15) is 5.75 Å². The number of benzene rings is 1. The van der Waals surface area contributed by atoms with Crippen LogP contribution in [-0.2, 0) is 6.54 Å². The highest BCUT2D eigenvalue weighted by molar-refractivity contribution is 7.09. The van der Waals surface area contributed by atoms with Crippen LogP contribution < -0.4 is 9.64 Å². The van der Waals surface area contributed by atoms with Crippen molar-refractivity contribution in [3.05, 3.63) is 46.2 Å². The van der Waals surface area contributed by atoms with Gasteiger partial charge in [-0.05, 0) is 30.5 Å². The first-order chi connectivity index (χ1) is 9.13. The fourth-order valence-electron chi connectivity index (χ4n) is 2.18. The van der Waals surface area contributed by atoms with Crippen molar-refractivity contribution in [1.82, 2.24) is 0 Å². The molecule has 2 aromatic rings. The minimum Gasteiger partial charge on any atom is -0.496 e. The fourth-order valence-corrected chi connectivity index (χ4v) is 2.94. The van der Waals surface area contributed by atoms with E-state index in [4.69, 9.17) is 4.74 Å². The molecule has 0 saturated carbocycles. The van der Waals surface area contributed by atoms with E-state index < -0.39 is 6.10 Å². The van der Waals surface area contributed by atoms with Crippen molar-refractivity contribution in [3.63, 3.8) is 0 Å². The molecule has 1 heterocycles. The summed E-state index contributed by atoms with van der Waals surface area (Å²) in [6, 6.07) is 10.0. The molecule has 0 fully saturated rings. The van der Waals surface area contributed by atoms with E-state index in [1.807, 2.05) is 25.2 Å². The zero-order chi connectivity index (χ0) is 13.8. The first-order valence-corrected chi connectivity index (χ1v) is 7.10. The number of nitrogens with zero attached hydrogens (tertiary/aromatic N) is 1. The number of methoxy groups -OCH3 is 1. The second kappa shape index (κ2) is 6.08. The number of aliphatic hydroxyl groups is 1. The molecule has 0 radical (unpaired) electrons. The molecule has 3 nitrogen and oxygen atoms in total. The molecule has 102 valence electrons. The Kier molecular flexibility index (Phi) is 4.45. The molecule has 1 atom stereocenters. The van der Waals surface area contributed by atoms with Crippen molar-refractivity contribution in [2.45, 2.75) is 19.6 Å². The van der Waals surface area contributed by atoms with Gasteiger partial charge < -0.3 is 14.7 Å². The molecule has 0 aliphatic heterocycles. The van der Waals surface area contributed by atoms with Gasteiger partial charge in [0.25, 0.3) is 0 Å². The van der Waals surface area contributed by atoms with E-state index in [1.54, 1.807) is 25.4 Å². The van der Waals surface area contributed by atoms with E-state index in [1.165, 1.54) is 4.88 Å². The van der Waals surface area contributed by atoms with Crippen molar-refractivity contribution < 1.29 is 9.84 Å². The van der Waals surface area contributed by atoms with Gasteiger partial charge in [-0.2, -0.15) is 0 Å². The van der Waals surface area contributed by atoms with Crippen LogP contribution in [0.5, 0.6) is 5.75 Å². The average molecular weight is 277 g/mol. The Bertz CT molecular complexity index is 523. The van der Waals surface area contributed by atoms with E-state index in [9.17, 15) is 5.11 Å². The van der Waals surface area contributed by atoms with Crippen LogP contribution in [0.25, 0.3) is 0 Å². The lowest BCUT2D eigenvalue weighted by atomic mass is 10.1. The summed E-state index contributed by atoms with van der Waals surface area (Å²) < 4.78 is 5.35. The van der Waals surface area contributed by atoms with Crippen LogP contribution in [0.15, 0.2) is 35.7 Å². The highest BCUT2D eigenvalue weighted by Crippen LogP contribution is 2.34. The van der Waals surface area contributed by atoms with Crippen LogP contribution in [0.4, 0.5) is 5.69 Å². The molecule has 1 aromatic heterocycles. The first kappa shape index (κ1) is 13.9. The second-order valence-corrected chi connectivity index (χ2v) is 5.54. The van der Waals surface area contributed by atoms with Crippen LogP contribution in [0, 0.1) is 0 Å². The fraction of sp³-hybridized carbons (Fsp3) is 0.333. The maximum absolute atomic E-state index is 9.99. The SMILES string of the molecule is COc1cccc(N(C)Cc2cccs2)c1[C@@H](C)O. The van der Waals surface area contributed by atoms with Gasteiger partial charge in [0.15, 0.2) is 0 Å². The van der Waals surface area contributed by atoms with E-state index in [-0.39, 0.29) is 0 Å². The summed E-state index contributed by atoms with van der Waals surface area (Å²) in [5.74, 6) is 0.727. The second-order valence-electron chi connectivity index (χ2n) is 4.50. The largest absolute Gasteiger partial charge is 0.496 e. The Labute approximate surface area is 118 Å². The first-order valence-electron chi connectivity index (χ1n) is 6.22. The quantitative estimate of drug-likeness (QED) is 0.908. The topological polar surface area (TPSA) is 32.7 Å². The molecule has 0 bridgehead atoms. The predicted molar refractivity (Wildman–Crippen MR) is 80.1 cm³/mol. The third-order valence-corrected chi connectivity index (χ3v) is 3.93. The summed E-state index contributed by atoms with van der Waals surface area (Å²) in [5.41, 5.74) is 1.84. The van der Waals surface area contributed by atoms with Crippen molar-refractivity contribution in [3.8, 4) is 5.75 Å². The highest BCUT2D eigenvalue weighted by Gasteiger charge is 2.17. The van der Waals surface area contributed by atoms with Crippen LogP contribution in [0.3, 0.4) is 0 Å². The summed E-state index contributed by atoms with van der Waals surface area (Å²) in [7, 11) is 3.66. The number of aliphatic hydroxyl groups excluding tert-OH is 1. The van der Waals surface area contributed by atoms with E-state index >= 15 is 0 Å². The lowest BCUT2D eigenvalue weighted by Crippen LogP contribution is -2.18. The molecule has 19 heavy (non-hydrogen) atoms. The van der Waals surface area contributed by atoms with E-state index in [2.05, 4.69) is 22.4 Å². The number of ether oxygens (including phenoxy) is 1. The monoisotopic (exact) mass is 277 g/mol. The lowest BCUT2D eigenvalue weighted by molar-refractivity contribution is 0.194. The van der Waals surface area contributed by atoms with E-state index in [0.29, 0.717) is 0 Å². The lowest BCUT2D eigenvalue weighted by Gasteiger charge is -2.24. The Hall–Kier alpha value is -1.52. The van der Waals surface area contributed by atoms with Gasteiger partial charge in [-0.25, -0.2) is 0 Å². The van der Waals surface area contributed by atoms with Crippen LogP contribution in [0.2, 0.25) is 0 Å².